The van der Waals surface area contributed by atoms with Gasteiger partial charge >= 0.3 is 5.97 Å². The zero-order valence-corrected chi connectivity index (χ0v) is 13.9. The van der Waals surface area contributed by atoms with Gasteiger partial charge in [-0.15, -0.1) is 0 Å². The molecule has 2 rings (SSSR count). The molecule has 2 N–H and O–H groups in total. The summed E-state index contributed by atoms with van der Waals surface area (Å²) in [6.07, 6.45) is 1.80. The summed E-state index contributed by atoms with van der Waals surface area (Å²) in [5, 5.41) is 12.1. The minimum absolute atomic E-state index is 0.0748. The van der Waals surface area contributed by atoms with Crippen molar-refractivity contribution < 1.29 is 14.7 Å². The predicted molar refractivity (Wildman–Crippen MR) is 89.3 cm³/mol. The minimum atomic E-state index is -1.08. The Morgan fingerprint density at radius 2 is 2.05 bits per heavy atom. The van der Waals surface area contributed by atoms with E-state index >= 15 is 0 Å². The van der Waals surface area contributed by atoms with Gasteiger partial charge in [-0.25, -0.2) is 4.79 Å². The molecule has 0 bridgehead atoms. The number of benzene rings is 1. The van der Waals surface area contributed by atoms with Gasteiger partial charge in [0.25, 0.3) is 0 Å². The van der Waals surface area contributed by atoms with Crippen molar-refractivity contribution in [3.8, 4) is 0 Å². The molecule has 5 heteroatoms. The Kier molecular flexibility index (Phi) is 5.51. The van der Waals surface area contributed by atoms with Crippen LogP contribution in [0, 0.1) is 0 Å². The van der Waals surface area contributed by atoms with E-state index in [1.807, 2.05) is 6.92 Å². The summed E-state index contributed by atoms with van der Waals surface area (Å²) in [7, 11) is 0. The van der Waals surface area contributed by atoms with Gasteiger partial charge in [-0.3, -0.25) is 4.79 Å². The summed E-state index contributed by atoms with van der Waals surface area (Å²) >= 11 is 1.58. The van der Waals surface area contributed by atoms with Crippen LogP contribution in [-0.4, -0.2) is 34.0 Å². The molecule has 1 aliphatic heterocycles. The monoisotopic (exact) mass is 321 g/mol. The van der Waals surface area contributed by atoms with Crippen molar-refractivity contribution in [2.24, 2.45) is 0 Å². The van der Waals surface area contributed by atoms with E-state index < -0.39 is 11.5 Å². The SMILES string of the molecule is CCc1ccc(C(C)CC(=O)NC2(C(=O)O)CCSC2)cc1. The molecule has 2 atom stereocenters. The highest BCUT2D eigenvalue weighted by molar-refractivity contribution is 7.99. The van der Waals surface area contributed by atoms with Gasteiger partial charge in [-0.1, -0.05) is 38.1 Å². The molecule has 1 fully saturated rings. The normalized spacial score (nSPS) is 22.3. The van der Waals surface area contributed by atoms with E-state index in [2.05, 4.69) is 36.5 Å². The highest BCUT2D eigenvalue weighted by Crippen LogP contribution is 2.29. The van der Waals surface area contributed by atoms with Crippen molar-refractivity contribution in [2.45, 2.75) is 44.6 Å². The maximum Gasteiger partial charge on any atom is 0.330 e. The average molecular weight is 321 g/mol. The van der Waals surface area contributed by atoms with E-state index in [9.17, 15) is 14.7 Å². The molecule has 1 aliphatic rings. The molecule has 0 saturated carbocycles. The van der Waals surface area contributed by atoms with E-state index in [-0.39, 0.29) is 11.8 Å². The summed E-state index contributed by atoms with van der Waals surface area (Å²) in [5.74, 6) is 0.197. The summed E-state index contributed by atoms with van der Waals surface area (Å²) in [6, 6.07) is 8.26. The Labute approximate surface area is 135 Å². The number of carboxylic acids is 1. The smallest absolute Gasteiger partial charge is 0.330 e. The lowest BCUT2D eigenvalue weighted by Gasteiger charge is -2.25. The molecule has 0 aromatic heterocycles. The van der Waals surface area contributed by atoms with Crippen LogP contribution in [0.15, 0.2) is 24.3 Å². The molecule has 22 heavy (non-hydrogen) atoms. The fraction of sp³-hybridized carbons (Fsp3) is 0.529. The summed E-state index contributed by atoms with van der Waals surface area (Å²) < 4.78 is 0. The van der Waals surface area contributed by atoms with Crippen molar-refractivity contribution >= 4 is 23.6 Å². The Balaban J connectivity index is 1.97. The molecular formula is C17H23NO3S. The molecule has 1 aromatic rings. The van der Waals surface area contributed by atoms with Gasteiger partial charge in [0.05, 0.1) is 0 Å². The molecule has 4 nitrogen and oxygen atoms in total. The van der Waals surface area contributed by atoms with Crippen LogP contribution in [0.1, 0.15) is 43.7 Å². The number of amides is 1. The molecule has 120 valence electrons. The highest BCUT2D eigenvalue weighted by atomic mass is 32.2. The number of hydrogen-bond acceptors (Lipinski definition) is 3. The number of carbonyl (C=O) groups excluding carboxylic acids is 1. The first-order valence-electron chi connectivity index (χ1n) is 7.68. The Hall–Kier alpha value is -1.49. The van der Waals surface area contributed by atoms with Crippen LogP contribution in [0.5, 0.6) is 0 Å². The number of carboxylic acid groups (broad SMARTS) is 1. The average Bonchev–Trinajstić information content (AvgIpc) is 2.97. The van der Waals surface area contributed by atoms with Gasteiger partial charge in [0.15, 0.2) is 0 Å². The summed E-state index contributed by atoms with van der Waals surface area (Å²) in [6.45, 7) is 4.11. The van der Waals surface area contributed by atoms with Gasteiger partial charge in [-0.2, -0.15) is 11.8 Å². The Morgan fingerprint density at radius 3 is 2.55 bits per heavy atom. The second-order valence-corrected chi connectivity index (χ2v) is 7.04. The minimum Gasteiger partial charge on any atom is -0.479 e. The van der Waals surface area contributed by atoms with E-state index in [0.29, 0.717) is 18.6 Å². The number of rotatable bonds is 6. The topological polar surface area (TPSA) is 66.4 Å². The lowest BCUT2D eigenvalue weighted by atomic mass is 9.94. The van der Waals surface area contributed by atoms with Gasteiger partial charge in [0.2, 0.25) is 5.91 Å². The maximum absolute atomic E-state index is 12.2. The Morgan fingerprint density at radius 1 is 1.36 bits per heavy atom. The fourth-order valence-corrected chi connectivity index (χ4v) is 4.01. The van der Waals surface area contributed by atoms with E-state index in [0.717, 1.165) is 17.7 Å². The van der Waals surface area contributed by atoms with Gasteiger partial charge in [0, 0.05) is 12.2 Å². The van der Waals surface area contributed by atoms with Crippen molar-refractivity contribution in [2.75, 3.05) is 11.5 Å². The van der Waals surface area contributed by atoms with Crippen LogP contribution in [0.2, 0.25) is 0 Å². The largest absolute Gasteiger partial charge is 0.479 e. The molecule has 2 unspecified atom stereocenters. The first-order chi connectivity index (χ1) is 10.5. The molecule has 1 aromatic carbocycles. The molecule has 0 radical (unpaired) electrons. The zero-order valence-electron chi connectivity index (χ0n) is 13.1. The highest BCUT2D eigenvalue weighted by Gasteiger charge is 2.43. The third kappa shape index (κ3) is 3.83. The lowest BCUT2D eigenvalue weighted by Crippen LogP contribution is -2.54. The van der Waals surface area contributed by atoms with Crippen molar-refractivity contribution in [1.29, 1.82) is 0 Å². The second kappa shape index (κ2) is 7.18. The lowest BCUT2D eigenvalue weighted by molar-refractivity contribution is -0.146. The van der Waals surface area contributed by atoms with Crippen molar-refractivity contribution in [3.63, 3.8) is 0 Å². The number of aryl methyl sites for hydroxylation is 1. The van der Waals surface area contributed by atoms with Crippen LogP contribution in [0.25, 0.3) is 0 Å². The van der Waals surface area contributed by atoms with E-state index in [1.54, 1.807) is 11.8 Å². The number of hydrogen-bond donors (Lipinski definition) is 2. The first-order valence-corrected chi connectivity index (χ1v) is 8.83. The van der Waals surface area contributed by atoms with Crippen molar-refractivity contribution in [1.82, 2.24) is 5.32 Å². The molecule has 1 amide bonds. The van der Waals surface area contributed by atoms with E-state index in [4.69, 9.17) is 0 Å². The van der Waals surface area contributed by atoms with Gasteiger partial charge in [-0.05, 0) is 35.6 Å². The van der Waals surface area contributed by atoms with Crippen LogP contribution in [0.4, 0.5) is 0 Å². The number of thioether (sulfide) groups is 1. The standard InChI is InChI=1S/C17H23NO3S/c1-3-13-4-6-14(7-5-13)12(2)10-15(19)18-17(16(20)21)8-9-22-11-17/h4-7,12H,3,8-11H2,1-2H3,(H,18,19)(H,20,21). The number of nitrogens with one attached hydrogen (secondary N) is 1. The quantitative estimate of drug-likeness (QED) is 0.845. The molecule has 1 heterocycles. The first kappa shape index (κ1) is 16.9. The molecular weight excluding hydrogens is 298 g/mol. The van der Waals surface area contributed by atoms with Gasteiger partial charge in [0.1, 0.15) is 5.54 Å². The zero-order chi connectivity index (χ0) is 16.2. The predicted octanol–water partition coefficient (Wildman–Crippen LogP) is 2.82. The van der Waals surface area contributed by atoms with Gasteiger partial charge < -0.3 is 10.4 Å². The summed E-state index contributed by atoms with van der Waals surface area (Å²) in [4.78, 5) is 23.7. The number of aliphatic carboxylic acids is 1. The third-order valence-corrected chi connectivity index (χ3v) is 5.45. The van der Waals surface area contributed by atoms with Crippen LogP contribution >= 0.6 is 11.8 Å². The molecule has 1 saturated heterocycles. The van der Waals surface area contributed by atoms with Crippen LogP contribution in [0.3, 0.4) is 0 Å². The van der Waals surface area contributed by atoms with Crippen molar-refractivity contribution in [3.05, 3.63) is 35.4 Å². The van der Waals surface area contributed by atoms with Crippen LogP contribution < -0.4 is 5.32 Å². The molecule has 0 spiro atoms. The van der Waals surface area contributed by atoms with E-state index in [1.165, 1.54) is 5.56 Å². The molecule has 0 aliphatic carbocycles. The number of carbonyl (C=O) groups is 2. The third-order valence-electron chi connectivity index (χ3n) is 4.26. The maximum atomic E-state index is 12.2. The Bertz CT molecular complexity index is 535. The fourth-order valence-electron chi connectivity index (χ4n) is 2.68. The van der Waals surface area contributed by atoms with Crippen LogP contribution in [-0.2, 0) is 16.0 Å². The second-order valence-electron chi connectivity index (χ2n) is 5.94. The summed E-state index contributed by atoms with van der Waals surface area (Å²) in [5.41, 5.74) is 1.30.